The Morgan fingerprint density at radius 3 is 2.39 bits per heavy atom. The molecule has 0 spiro atoms. The first-order valence-electron chi connectivity index (χ1n) is 9.59. The molecule has 0 unspecified atom stereocenters. The Kier molecular flexibility index (Phi) is 3.87. The molecular weight excluding hydrogens is 350 g/mol. The van der Waals surface area contributed by atoms with Crippen LogP contribution in [0.5, 0.6) is 0 Å². The van der Waals surface area contributed by atoms with Gasteiger partial charge in [-0.2, -0.15) is 0 Å². The van der Waals surface area contributed by atoms with Crippen LogP contribution in [0.4, 0.5) is 5.82 Å². The van der Waals surface area contributed by atoms with Gasteiger partial charge in [-0.05, 0) is 45.3 Å². The van der Waals surface area contributed by atoms with Crippen LogP contribution in [0.2, 0.25) is 0 Å². The number of aromatic amines is 2. The quantitative estimate of drug-likeness (QED) is 0.411. The van der Waals surface area contributed by atoms with E-state index < -0.39 is 0 Å². The number of benzene rings is 2. The number of fused-ring (bicyclic) bond motifs is 6. The van der Waals surface area contributed by atoms with Gasteiger partial charge >= 0.3 is 0 Å². The summed E-state index contributed by atoms with van der Waals surface area (Å²) >= 11 is 0. The molecular formula is C22H23N5O. The molecule has 28 heavy (non-hydrogen) atoms. The van der Waals surface area contributed by atoms with Crippen molar-refractivity contribution in [2.45, 2.75) is 6.42 Å². The third-order valence-electron chi connectivity index (χ3n) is 5.32. The van der Waals surface area contributed by atoms with E-state index in [-0.39, 0.29) is 5.56 Å². The molecule has 0 bridgehead atoms. The monoisotopic (exact) mass is 373 g/mol. The Morgan fingerprint density at radius 2 is 1.64 bits per heavy atom. The highest BCUT2D eigenvalue weighted by atomic mass is 16.1. The zero-order valence-corrected chi connectivity index (χ0v) is 16.0. The SMILES string of the molecule is CN(C)CCCNc1c2c3ccccc3[nH]c2c2[nH]c3ccccc3c(=O)n12. The summed E-state index contributed by atoms with van der Waals surface area (Å²) in [5.41, 5.74) is 3.66. The summed E-state index contributed by atoms with van der Waals surface area (Å²) in [6.45, 7) is 1.79. The molecule has 3 heterocycles. The minimum Gasteiger partial charge on any atom is -0.370 e. The Labute approximate surface area is 161 Å². The zero-order chi connectivity index (χ0) is 19.3. The number of nitrogens with zero attached hydrogens (tertiary/aromatic N) is 2. The number of rotatable bonds is 5. The number of hydrogen-bond donors (Lipinski definition) is 3. The van der Waals surface area contributed by atoms with Gasteiger partial charge in [-0.25, -0.2) is 4.40 Å². The number of H-pyrrole nitrogens is 2. The molecule has 0 amide bonds. The van der Waals surface area contributed by atoms with Crippen LogP contribution in [0.25, 0.3) is 38.4 Å². The number of anilines is 1. The van der Waals surface area contributed by atoms with E-state index in [4.69, 9.17) is 0 Å². The van der Waals surface area contributed by atoms with Gasteiger partial charge in [0.1, 0.15) is 11.5 Å². The molecule has 0 atom stereocenters. The Balaban J connectivity index is 1.81. The van der Waals surface area contributed by atoms with Gasteiger partial charge in [0.2, 0.25) is 0 Å². The van der Waals surface area contributed by atoms with Gasteiger partial charge in [0.05, 0.1) is 21.8 Å². The lowest BCUT2D eigenvalue weighted by Crippen LogP contribution is -2.19. The summed E-state index contributed by atoms with van der Waals surface area (Å²) in [6.07, 6.45) is 0.996. The summed E-state index contributed by atoms with van der Waals surface area (Å²) in [6, 6.07) is 15.9. The van der Waals surface area contributed by atoms with Crippen molar-refractivity contribution in [2.24, 2.45) is 0 Å². The van der Waals surface area contributed by atoms with Crippen molar-refractivity contribution < 1.29 is 0 Å². The number of aromatic nitrogens is 3. The normalized spacial score (nSPS) is 12.1. The maximum absolute atomic E-state index is 13.3. The Morgan fingerprint density at radius 1 is 0.964 bits per heavy atom. The van der Waals surface area contributed by atoms with Crippen LogP contribution in [0.15, 0.2) is 53.3 Å². The van der Waals surface area contributed by atoms with Crippen LogP contribution in [-0.2, 0) is 0 Å². The number of hydrogen-bond acceptors (Lipinski definition) is 3. The summed E-state index contributed by atoms with van der Waals surface area (Å²) in [4.78, 5) is 22.5. The van der Waals surface area contributed by atoms with Gasteiger partial charge in [-0.15, -0.1) is 0 Å². The van der Waals surface area contributed by atoms with E-state index in [0.29, 0.717) is 5.39 Å². The molecule has 3 aromatic heterocycles. The summed E-state index contributed by atoms with van der Waals surface area (Å²) in [7, 11) is 4.14. The molecule has 0 radical (unpaired) electrons. The second kappa shape index (κ2) is 6.42. The Bertz CT molecular complexity index is 1370. The topological polar surface area (TPSA) is 68.3 Å². The summed E-state index contributed by atoms with van der Waals surface area (Å²) in [5, 5.41) is 6.41. The molecule has 2 aromatic carbocycles. The summed E-state index contributed by atoms with van der Waals surface area (Å²) in [5.74, 6) is 0.855. The van der Waals surface area contributed by atoms with Crippen molar-refractivity contribution in [3.05, 3.63) is 58.9 Å². The van der Waals surface area contributed by atoms with Gasteiger partial charge in [0, 0.05) is 17.4 Å². The predicted octanol–water partition coefficient (Wildman–Crippen LogP) is 3.78. The molecule has 0 aliphatic heterocycles. The van der Waals surface area contributed by atoms with Crippen LogP contribution in [0.1, 0.15) is 6.42 Å². The molecule has 0 saturated heterocycles. The molecule has 142 valence electrons. The van der Waals surface area contributed by atoms with Crippen LogP contribution in [-0.4, -0.2) is 46.5 Å². The highest BCUT2D eigenvalue weighted by Gasteiger charge is 2.20. The lowest BCUT2D eigenvalue weighted by molar-refractivity contribution is 0.405. The fraction of sp³-hybridized carbons (Fsp3) is 0.227. The molecule has 6 heteroatoms. The van der Waals surface area contributed by atoms with Gasteiger partial charge < -0.3 is 20.2 Å². The minimum absolute atomic E-state index is 0.00635. The second-order valence-electron chi connectivity index (χ2n) is 7.51. The van der Waals surface area contributed by atoms with E-state index in [2.05, 4.69) is 46.4 Å². The first kappa shape index (κ1) is 16.9. The maximum atomic E-state index is 13.3. The lowest BCUT2D eigenvalue weighted by atomic mass is 10.2. The van der Waals surface area contributed by atoms with Crippen molar-refractivity contribution in [1.82, 2.24) is 19.3 Å². The van der Waals surface area contributed by atoms with Crippen molar-refractivity contribution in [1.29, 1.82) is 0 Å². The highest BCUT2D eigenvalue weighted by molar-refractivity contribution is 6.18. The molecule has 0 saturated carbocycles. The van der Waals surface area contributed by atoms with E-state index >= 15 is 0 Å². The average Bonchev–Trinajstić information content (AvgIpc) is 3.21. The van der Waals surface area contributed by atoms with Crippen molar-refractivity contribution in [3.8, 4) is 0 Å². The Hall–Kier alpha value is -3.25. The molecule has 6 nitrogen and oxygen atoms in total. The van der Waals surface area contributed by atoms with E-state index in [9.17, 15) is 4.79 Å². The molecule has 0 aliphatic carbocycles. The van der Waals surface area contributed by atoms with E-state index in [1.54, 1.807) is 4.40 Å². The molecule has 5 aromatic rings. The third kappa shape index (κ3) is 2.49. The van der Waals surface area contributed by atoms with Gasteiger partial charge in [0.15, 0.2) is 0 Å². The largest absolute Gasteiger partial charge is 0.370 e. The summed E-state index contributed by atoms with van der Waals surface area (Å²) < 4.78 is 1.78. The third-order valence-corrected chi connectivity index (χ3v) is 5.32. The van der Waals surface area contributed by atoms with Crippen molar-refractivity contribution in [2.75, 3.05) is 32.5 Å². The fourth-order valence-electron chi connectivity index (χ4n) is 4.02. The number of nitrogens with one attached hydrogen (secondary N) is 3. The van der Waals surface area contributed by atoms with E-state index in [0.717, 1.165) is 58.3 Å². The highest BCUT2D eigenvalue weighted by Crippen LogP contribution is 2.35. The first-order chi connectivity index (χ1) is 13.6. The average molecular weight is 373 g/mol. The van der Waals surface area contributed by atoms with Crippen molar-refractivity contribution in [3.63, 3.8) is 0 Å². The smallest absolute Gasteiger partial charge is 0.267 e. The molecule has 0 aliphatic rings. The zero-order valence-electron chi connectivity index (χ0n) is 16.0. The van der Waals surface area contributed by atoms with Crippen LogP contribution < -0.4 is 10.9 Å². The maximum Gasteiger partial charge on any atom is 0.267 e. The minimum atomic E-state index is -0.00635. The first-order valence-corrected chi connectivity index (χ1v) is 9.59. The molecule has 5 rings (SSSR count). The van der Waals surface area contributed by atoms with Crippen LogP contribution in [0.3, 0.4) is 0 Å². The van der Waals surface area contributed by atoms with Gasteiger partial charge in [-0.3, -0.25) is 4.79 Å². The van der Waals surface area contributed by atoms with Gasteiger partial charge in [-0.1, -0.05) is 30.3 Å². The molecule has 0 fully saturated rings. The lowest BCUT2D eigenvalue weighted by Gasteiger charge is -2.11. The van der Waals surface area contributed by atoms with Gasteiger partial charge in [0.25, 0.3) is 5.56 Å². The standard InChI is InChI=1S/C22H23N5O/c1-26(2)13-7-12-23-20-18-14-8-3-5-10-16(14)24-19(18)21-25-17-11-6-4-9-15(17)22(28)27(20)21/h3-6,8-11,23-25H,7,12-13H2,1-2H3. The van der Waals surface area contributed by atoms with Crippen molar-refractivity contribution >= 4 is 44.2 Å². The molecule has 3 N–H and O–H groups in total. The predicted molar refractivity (Wildman–Crippen MR) is 117 cm³/mol. The van der Waals surface area contributed by atoms with E-state index in [1.807, 2.05) is 36.4 Å². The fourth-order valence-corrected chi connectivity index (χ4v) is 4.02. The number of para-hydroxylation sites is 2. The van der Waals surface area contributed by atoms with Crippen LogP contribution in [0, 0.1) is 0 Å². The van der Waals surface area contributed by atoms with E-state index in [1.165, 1.54) is 0 Å². The van der Waals surface area contributed by atoms with Crippen LogP contribution >= 0.6 is 0 Å². The second-order valence-corrected chi connectivity index (χ2v) is 7.51.